The van der Waals surface area contributed by atoms with Crippen LogP contribution in [0.15, 0.2) is 0 Å². The molecule has 0 aromatic rings. The Hall–Kier alpha value is -0.530. The Morgan fingerprint density at radius 1 is 1.42 bits per heavy atom. The summed E-state index contributed by atoms with van der Waals surface area (Å²) in [7, 11) is 0. The second-order valence-corrected chi connectivity index (χ2v) is 4.09. The largest absolute Gasteiger partial charge is 0.459 e. The summed E-state index contributed by atoms with van der Waals surface area (Å²) < 4.78 is 5.30. The van der Waals surface area contributed by atoms with E-state index < -0.39 is 0 Å². The summed E-state index contributed by atoms with van der Waals surface area (Å²) in [5, 5.41) is 0. The molecule has 0 saturated carbocycles. The monoisotopic (exact) mass is 172 g/mol. The molecule has 2 nitrogen and oxygen atoms in total. The van der Waals surface area contributed by atoms with Crippen molar-refractivity contribution in [3.8, 4) is 0 Å². The Morgan fingerprint density at radius 2 is 1.92 bits per heavy atom. The minimum atomic E-state index is -0.296. The van der Waals surface area contributed by atoms with Crippen LogP contribution in [0, 0.1) is 5.92 Å². The SMILES string of the molecule is CCCC(C)(C)OC(=O)C(C)C. The summed E-state index contributed by atoms with van der Waals surface area (Å²) in [4.78, 5) is 11.2. The molecule has 0 aliphatic rings. The number of rotatable bonds is 4. The predicted molar refractivity (Wildman–Crippen MR) is 49.9 cm³/mol. The molecule has 0 saturated heterocycles. The van der Waals surface area contributed by atoms with Gasteiger partial charge >= 0.3 is 5.97 Å². The zero-order valence-corrected chi connectivity index (χ0v) is 8.81. The van der Waals surface area contributed by atoms with Crippen LogP contribution >= 0.6 is 0 Å². The van der Waals surface area contributed by atoms with Crippen LogP contribution in [0.1, 0.15) is 47.5 Å². The van der Waals surface area contributed by atoms with Gasteiger partial charge < -0.3 is 4.74 Å². The van der Waals surface area contributed by atoms with Gasteiger partial charge in [-0.2, -0.15) is 0 Å². The van der Waals surface area contributed by atoms with Crippen molar-refractivity contribution in [1.82, 2.24) is 0 Å². The molecule has 0 N–H and O–H groups in total. The molecule has 0 unspecified atom stereocenters. The molecule has 0 bridgehead atoms. The third-order valence-corrected chi connectivity index (χ3v) is 1.70. The van der Waals surface area contributed by atoms with Crippen LogP contribution in [0.25, 0.3) is 0 Å². The van der Waals surface area contributed by atoms with Gasteiger partial charge in [0, 0.05) is 0 Å². The van der Waals surface area contributed by atoms with Gasteiger partial charge in [0.1, 0.15) is 5.60 Å². The van der Waals surface area contributed by atoms with Crippen LogP contribution in [-0.4, -0.2) is 11.6 Å². The van der Waals surface area contributed by atoms with E-state index in [9.17, 15) is 4.79 Å². The standard InChI is InChI=1S/C10H20O2/c1-6-7-10(4,5)12-9(11)8(2)3/h8H,6-7H2,1-5H3. The van der Waals surface area contributed by atoms with Crippen LogP contribution in [-0.2, 0) is 9.53 Å². The quantitative estimate of drug-likeness (QED) is 0.609. The van der Waals surface area contributed by atoms with Crippen molar-refractivity contribution in [2.45, 2.75) is 53.1 Å². The van der Waals surface area contributed by atoms with Crippen LogP contribution in [0.3, 0.4) is 0 Å². The van der Waals surface area contributed by atoms with E-state index in [4.69, 9.17) is 4.74 Å². The van der Waals surface area contributed by atoms with E-state index in [0.29, 0.717) is 0 Å². The van der Waals surface area contributed by atoms with Gasteiger partial charge in [-0.05, 0) is 20.3 Å². The third kappa shape index (κ3) is 4.37. The van der Waals surface area contributed by atoms with Crippen LogP contribution < -0.4 is 0 Å². The minimum Gasteiger partial charge on any atom is -0.459 e. The summed E-state index contributed by atoms with van der Waals surface area (Å²) in [6.45, 7) is 9.70. The summed E-state index contributed by atoms with van der Waals surface area (Å²) in [6, 6.07) is 0. The van der Waals surface area contributed by atoms with E-state index >= 15 is 0 Å². The lowest BCUT2D eigenvalue weighted by atomic mass is 10.0. The van der Waals surface area contributed by atoms with Crippen molar-refractivity contribution >= 4 is 5.97 Å². The Labute approximate surface area is 75.3 Å². The average Bonchev–Trinajstić information content (AvgIpc) is 1.85. The lowest BCUT2D eigenvalue weighted by molar-refractivity contribution is -0.160. The number of hydrogen-bond acceptors (Lipinski definition) is 2. The maximum Gasteiger partial charge on any atom is 0.308 e. The fourth-order valence-electron chi connectivity index (χ4n) is 1.04. The number of esters is 1. The molecule has 72 valence electrons. The highest BCUT2D eigenvalue weighted by atomic mass is 16.6. The maximum atomic E-state index is 11.2. The summed E-state index contributed by atoms with van der Waals surface area (Å²) in [5.74, 6) is -0.130. The molecular formula is C10H20O2. The number of carbonyl (C=O) groups excluding carboxylic acids is 1. The van der Waals surface area contributed by atoms with Crippen LogP contribution in [0.5, 0.6) is 0 Å². The van der Waals surface area contributed by atoms with Crippen LogP contribution in [0.2, 0.25) is 0 Å². The van der Waals surface area contributed by atoms with E-state index in [1.54, 1.807) is 0 Å². The van der Waals surface area contributed by atoms with Crippen molar-refractivity contribution in [2.75, 3.05) is 0 Å². The molecular weight excluding hydrogens is 152 g/mol. The summed E-state index contributed by atoms with van der Waals surface area (Å²) in [5.41, 5.74) is -0.296. The van der Waals surface area contributed by atoms with Crippen LogP contribution in [0.4, 0.5) is 0 Å². The topological polar surface area (TPSA) is 26.3 Å². The molecule has 0 atom stereocenters. The van der Waals surface area contributed by atoms with Gasteiger partial charge in [0.05, 0.1) is 5.92 Å². The van der Waals surface area contributed by atoms with Crippen molar-refractivity contribution in [2.24, 2.45) is 5.92 Å². The second kappa shape index (κ2) is 4.48. The van der Waals surface area contributed by atoms with Crippen molar-refractivity contribution < 1.29 is 9.53 Å². The van der Waals surface area contributed by atoms with Crippen molar-refractivity contribution in [3.63, 3.8) is 0 Å². The fourth-order valence-corrected chi connectivity index (χ4v) is 1.04. The van der Waals surface area contributed by atoms with Crippen molar-refractivity contribution in [1.29, 1.82) is 0 Å². The lowest BCUT2D eigenvalue weighted by Crippen LogP contribution is -2.29. The van der Waals surface area contributed by atoms with Gasteiger partial charge in [0.25, 0.3) is 0 Å². The zero-order valence-electron chi connectivity index (χ0n) is 8.81. The number of ether oxygens (including phenoxy) is 1. The molecule has 2 heteroatoms. The molecule has 0 aliphatic carbocycles. The van der Waals surface area contributed by atoms with E-state index in [1.165, 1.54) is 0 Å². The van der Waals surface area contributed by atoms with E-state index in [1.807, 2.05) is 27.7 Å². The first kappa shape index (κ1) is 11.5. The molecule has 0 aromatic carbocycles. The smallest absolute Gasteiger partial charge is 0.308 e. The molecule has 0 fully saturated rings. The molecule has 0 amide bonds. The normalized spacial score (nSPS) is 11.8. The van der Waals surface area contributed by atoms with Gasteiger partial charge in [-0.25, -0.2) is 0 Å². The second-order valence-electron chi connectivity index (χ2n) is 4.09. The maximum absolute atomic E-state index is 11.2. The highest BCUT2D eigenvalue weighted by Gasteiger charge is 2.22. The number of hydrogen-bond donors (Lipinski definition) is 0. The molecule has 0 radical (unpaired) electrons. The first-order chi connectivity index (χ1) is 5.39. The Morgan fingerprint density at radius 3 is 2.25 bits per heavy atom. The Balaban J connectivity index is 3.96. The first-order valence-electron chi connectivity index (χ1n) is 4.62. The molecule has 0 heterocycles. The highest BCUT2D eigenvalue weighted by Crippen LogP contribution is 2.18. The Bertz CT molecular complexity index is 148. The summed E-state index contributed by atoms with van der Waals surface area (Å²) >= 11 is 0. The van der Waals surface area contributed by atoms with E-state index in [-0.39, 0.29) is 17.5 Å². The lowest BCUT2D eigenvalue weighted by Gasteiger charge is -2.25. The molecule has 0 aromatic heterocycles. The fraction of sp³-hybridized carbons (Fsp3) is 0.900. The molecule has 0 aliphatic heterocycles. The predicted octanol–water partition coefficient (Wildman–Crippen LogP) is 2.76. The van der Waals surface area contributed by atoms with Crippen molar-refractivity contribution in [3.05, 3.63) is 0 Å². The van der Waals surface area contributed by atoms with E-state index in [2.05, 4.69) is 6.92 Å². The molecule has 0 spiro atoms. The van der Waals surface area contributed by atoms with Gasteiger partial charge in [0.2, 0.25) is 0 Å². The Kier molecular flexibility index (Phi) is 4.29. The first-order valence-corrected chi connectivity index (χ1v) is 4.62. The number of carbonyl (C=O) groups is 1. The van der Waals surface area contributed by atoms with Gasteiger partial charge in [0.15, 0.2) is 0 Å². The molecule has 0 rings (SSSR count). The van der Waals surface area contributed by atoms with Gasteiger partial charge in [-0.3, -0.25) is 4.79 Å². The van der Waals surface area contributed by atoms with E-state index in [0.717, 1.165) is 12.8 Å². The minimum absolute atomic E-state index is 0.0267. The summed E-state index contributed by atoms with van der Waals surface area (Å²) in [6.07, 6.45) is 1.96. The molecule has 12 heavy (non-hydrogen) atoms. The van der Waals surface area contributed by atoms with Gasteiger partial charge in [-0.1, -0.05) is 27.2 Å². The average molecular weight is 172 g/mol. The third-order valence-electron chi connectivity index (χ3n) is 1.70. The highest BCUT2D eigenvalue weighted by molar-refractivity contribution is 5.71. The zero-order chi connectivity index (χ0) is 9.78. The van der Waals surface area contributed by atoms with Gasteiger partial charge in [-0.15, -0.1) is 0 Å².